The number of amides is 3. The Balaban J connectivity index is 2.84. The van der Waals surface area contributed by atoms with Crippen LogP contribution in [0.25, 0.3) is 0 Å². The summed E-state index contributed by atoms with van der Waals surface area (Å²) < 4.78 is 31.7. The molecule has 25 heavy (non-hydrogen) atoms. The summed E-state index contributed by atoms with van der Waals surface area (Å²) in [5, 5.41) is 1.93. The monoisotopic (exact) mass is 391 g/mol. The number of ether oxygens (including phenoxy) is 1. The molecular formula is C14H18ClN3O6S. The zero-order chi connectivity index (χ0) is 19.2. The third-order valence-corrected chi connectivity index (χ3v) is 4.59. The second-order valence-electron chi connectivity index (χ2n) is 5.32. The Bertz CT molecular complexity index is 766. The van der Waals surface area contributed by atoms with Crippen molar-refractivity contribution in [2.24, 2.45) is 11.7 Å². The van der Waals surface area contributed by atoms with Crippen molar-refractivity contribution in [3.8, 4) is 0 Å². The van der Waals surface area contributed by atoms with Gasteiger partial charge in [-0.15, -0.1) is 0 Å². The van der Waals surface area contributed by atoms with Crippen molar-refractivity contribution in [3.63, 3.8) is 0 Å². The Morgan fingerprint density at radius 3 is 2.44 bits per heavy atom. The number of hydrogen-bond acceptors (Lipinski definition) is 6. The van der Waals surface area contributed by atoms with Crippen LogP contribution in [-0.2, 0) is 24.3 Å². The van der Waals surface area contributed by atoms with Crippen molar-refractivity contribution in [2.75, 3.05) is 6.61 Å². The maximum Gasteiger partial charge on any atom is 0.324 e. The summed E-state index contributed by atoms with van der Waals surface area (Å²) in [5.74, 6) is -2.37. The first kappa shape index (κ1) is 20.9. The number of halogens is 1. The molecule has 11 heteroatoms. The highest BCUT2D eigenvalue weighted by molar-refractivity contribution is 7.89. The maximum atomic E-state index is 12.4. The van der Waals surface area contributed by atoms with Crippen LogP contribution in [0.5, 0.6) is 0 Å². The third kappa shape index (κ3) is 6.69. The molecule has 0 radical (unpaired) electrons. The molecule has 0 spiro atoms. The second-order valence-corrected chi connectivity index (χ2v) is 7.47. The standard InChI is InChI=1S/C14H18ClN3O6S/c1-8(2)12(13(20)24-7-11(19)17-14(16)21)18-25(22,23)10-5-3-4-9(15)6-10/h3-6,8,12,18H,7H2,1-2H3,(H3,16,17,19,21). The van der Waals surface area contributed by atoms with E-state index in [-0.39, 0.29) is 9.92 Å². The number of nitrogens with one attached hydrogen (secondary N) is 2. The summed E-state index contributed by atoms with van der Waals surface area (Å²) >= 11 is 5.77. The van der Waals surface area contributed by atoms with E-state index in [1.165, 1.54) is 24.3 Å². The molecule has 3 amide bonds. The van der Waals surface area contributed by atoms with Gasteiger partial charge in [0, 0.05) is 5.02 Å². The van der Waals surface area contributed by atoms with Gasteiger partial charge in [-0.3, -0.25) is 14.9 Å². The van der Waals surface area contributed by atoms with Gasteiger partial charge in [0.05, 0.1) is 4.90 Å². The molecule has 1 unspecified atom stereocenters. The third-order valence-electron chi connectivity index (χ3n) is 2.92. The molecule has 0 aliphatic rings. The molecule has 0 aliphatic carbocycles. The molecule has 0 fully saturated rings. The minimum Gasteiger partial charge on any atom is -0.454 e. The van der Waals surface area contributed by atoms with Crippen molar-refractivity contribution < 1.29 is 27.5 Å². The van der Waals surface area contributed by atoms with E-state index >= 15 is 0 Å². The van der Waals surface area contributed by atoms with Crippen LogP contribution in [0.1, 0.15) is 13.8 Å². The van der Waals surface area contributed by atoms with Crippen LogP contribution in [-0.4, -0.2) is 39.0 Å². The molecule has 0 heterocycles. The van der Waals surface area contributed by atoms with Crippen LogP contribution in [0.4, 0.5) is 4.79 Å². The number of imide groups is 1. The van der Waals surface area contributed by atoms with Crippen molar-refractivity contribution in [1.29, 1.82) is 0 Å². The lowest BCUT2D eigenvalue weighted by atomic mass is 10.1. The van der Waals surface area contributed by atoms with Gasteiger partial charge in [0.25, 0.3) is 5.91 Å². The quantitative estimate of drug-likeness (QED) is 0.573. The van der Waals surface area contributed by atoms with E-state index in [9.17, 15) is 22.8 Å². The van der Waals surface area contributed by atoms with Crippen LogP contribution in [0.2, 0.25) is 5.02 Å². The number of esters is 1. The molecule has 0 aliphatic heterocycles. The Labute approximate surface area is 149 Å². The first-order chi connectivity index (χ1) is 11.5. The summed E-state index contributed by atoms with van der Waals surface area (Å²) in [6.45, 7) is 2.41. The van der Waals surface area contributed by atoms with E-state index < -0.39 is 46.5 Å². The van der Waals surface area contributed by atoms with Gasteiger partial charge >= 0.3 is 12.0 Å². The van der Waals surface area contributed by atoms with Crippen LogP contribution >= 0.6 is 11.6 Å². The summed E-state index contributed by atoms with van der Waals surface area (Å²) in [6.07, 6.45) is 0. The van der Waals surface area contributed by atoms with E-state index in [0.29, 0.717) is 0 Å². The molecule has 1 rings (SSSR count). The van der Waals surface area contributed by atoms with Gasteiger partial charge in [-0.2, -0.15) is 4.72 Å². The van der Waals surface area contributed by atoms with Gasteiger partial charge in [-0.25, -0.2) is 13.2 Å². The molecule has 1 aromatic rings. The zero-order valence-electron chi connectivity index (χ0n) is 13.5. The van der Waals surface area contributed by atoms with Crippen molar-refractivity contribution in [3.05, 3.63) is 29.3 Å². The van der Waals surface area contributed by atoms with Crippen molar-refractivity contribution in [2.45, 2.75) is 24.8 Å². The average molecular weight is 392 g/mol. The number of carbonyl (C=O) groups excluding carboxylic acids is 3. The van der Waals surface area contributed by atoms with E-state index in [1.54, 1.807) is 19.2 Å². The lowest BCUT2D eigenvalue weighted by Crippen LogP contribution is -2.46. The minimum atomic E-state index is -4.04. The van der Waals surface area contributed by atoms with Gasteiger partial charge in [0.15, 0.2) is 6.61 Å². The van der Waals surface area contributed by atoms with E-state index in [2.05, 4.69) is 4.72 Å². The molecule has 0 bridgehead atoms. The predicted molar refractivity (Wildman–Crippen MR) is 89.1 cm³/mol. The Morgan fingerprint density at radius 2 is 1.92 bits per heavy atom. The highest BCUT2D eigenvalue weighted by Gasteiger charge is 2.30. The number of carbonyl (C=O) groups is 3. The van der Waals surface area contributed by atoms with Crippen molar-refractivity contribution >= 4 is 39.5 Å². The van der Waals surface area contributed by atoms with Crippen LogP contribution in [0.15, 0.2) is 29.2 Å². The Kier molecular flexibility index (Phi) is 7.34. The molecule has 0 aromatic heterocycles. The lowest BCUT2D eigenvalue weighted by Gasteiger charge is -2.20. The number of sulfonamides is 1. The maximum absolute atomic E-state index is 12.4. The predicted octanol–water partition coefficient (Wildman–Crippen LogP) is 0.381. The first-order valence-electron chi connectivity index (χ1n) is 7.06. The molecule has 138 valence electrons. The SMILES string of the molecule is CC(C)C(NS(=O)(=O)c1cccc(Cl)c1)C(=O)OCC(=O)NC(N)=O. The normalized spacial score (nSPS) is 12.5. The molecule has 0 saturated heterocycles. The van der Waals surface area contributed by atoms with E-state index in [1.807, 2.05) is 0 Å². The van der Waals surface area contributed by atoms with Gasteiger partial charge < -0.3 is 10.5 Å². The lowest BCUT2D eigenvalue weighted by molar-refractivity contribution is -0.150. The molecule has 9 nitrogen and oxygen atoms in total. The Morgan fingerprint density at radius 1 is 1.28 bits per heavy atom. The fourth-order valence-electron chi connectivity index (χ4n) is 1.73. The number of nitrogens with two attached hydrogens (primary N) is 1. The van der Waals surface area contributed by atoms with E-state index in [4.69, 9.17) is 22.1 Å². The minimum absolute atomic E-state index is 0.120. The highest BCUT2D eigenvalue weighted by atomic mass is 35.5. The van der Waals surface area contributed by atoms with Gasteiger partial charge in [0.1, 0.15) is 6.04 Å². The number of rotatable bonds is 7. The van der Waals surface area contributed by atoms with Gasteiger partial charge in [-0.05, 0) is 24.1 Å². The molecule has 4 N–H and O–H groups in total. The van der Waals surface area contributed by atoms with Crippen LogP contribution in [0.3, 0.4) is 0 Å². The summed E-state index contributed by atoms with van der Waals surface area (Å²) in [4.78, 5) is 33.7. The Hall–Kier alpha value is -2.17. The highest BCUT2D eigenvalue weighted by Crippen LogP contribution is 2.17. The summed E-state index contributed by atoms with van der Waals surface area (Å²) in [6, 6.07) is 3.16. The largest absolute Gasteiger partial charge is 0.454 e. The number of urea groups is 1. The topological polar surface area (TPSA) is 145 Å². The molecular weight excluding hydrogens is 374 g/mol. The fourth-order valence-corrected chi connectivity index (χ4v) is 3.36. The number of hydrogen-bond donors (Lipinski definition) is 3. The summed E-state index contributed by atoms with van der Waals surface area (Å²) in [7, 11) is -4.04. The van der Waals surface area contributed by atoms with Gasteiger partial charge in [-0.1, -0.05) is 31.5 Å². The zero-order valence-corrected chi connectivity index (χ0v) is 15.1. The average Bonchev–Trinajstić information content (AvgIpc) is 2.49. The van der Waals surface area contributed by atoms with Gasteiger partial charge in [0.2, 0.25) is 10.0 Å². The second kappa shape index (κ2) is 8.79. The first-order valence-corrected chi connectivity index (χ1v) is 8.93. The van der Waals surface area contributed by atoms with E-state index in [0.717, 1.165) is 0 Å². The smallest absolute Gasteiger partial charge is 0.324 e. The number of primary amides is 1. The van der Waals surface area contributed by atoms with Crippen LogP contribution in [0, 0.1) is 5.92 Å². The van der Waals surface area contributed by atoms with Crippen molar-refractivity contribution in [1.82, 2.24) is 10.0 Å². The molecule has 1 aromatic carbocycles. The molecule has 1 atom stereocenters. The number of benzene rings is 1. The fraction of sp³-hybridized carbons (Fsp3) is 0.357. The van der Waals surface area contributed by atoms with Crippen LogP contribution < -0.4 is 15.8 Å². The summed E-state index contributed by atoms with van der Waals surface area (Å²) in [5.41, 5.74) is 4.75. The molecule has 0 saturated carbocycles.